The van der Waals surface area contributed by atoms with Crippen molar-refractivity contribution in [3.8, 4) is 11.4 Å². The molecule has 4 aromatic rings. The van der Waals surface area contributed by atoms with Crippen LogP contribution < -0.4 is 15.2 Å². The Bertz CT molecular complexity index is 1380. The zero-order valence-electron chi connectivity index (χ0n) is 17.3. The van der Waals surface area contributed by atoms with Crippen LogP contribution in [-0.2, 0) is 11.2 Å². The first-order valence-electron chi connectivity index (χ1n) is 10.1. The predicted octanol–water partition coefficient (Wildman–Crippen LogP) is 3.70. The highest BCUT2D eigenvalue weighted by molar-refractivity contribution is 6.04. The van der Waals surface area contributed by atoms with Gasteiger partial charge in [0.2, 0.25) is 5.91 Å². The highest BCUT2D eigenvalue weighted by Crippen LogP contribution is 2.38. The second-order valence-corrected chi connectivity index (χ2v) is 7.60. The summed E-state index contributed by atoms with van der Waals surface area (Å²) in [5.74, 6) is 0.790. The van der Waals surface area contributed by atoms with E-state index in [2.05, 4.69) is 0 Å². The number of nitrogens with zero attached hydrogens (tertiary/aromatic N) is 3. The van der Waals surface area contributed by atoms with Gasteiger partial charge in [0.15, 0.2) is 0 Å². The zero-order valence-corrected chi connectivity index (χ0v) is 17.3. The first-order valence-corrected chi connectivity index (χ1v) is 10.1. The molecule has 2 heterocycles. The minimum atomic E-state index is -0.397. The number of likely N-dealkylation sites (N-methyl/N-ethyl adjacent to an activating group) is 1. The molecule has 1 atom stereocenters. The van der Waals surface area contributed by atoms with Crippen molar-refractivity contribution in [2.24, 2.45) is 0 Å². The molecule has 31 heavy (non-hydrogen) atoms. The number of carbonyl (C=O) groups is 1. The van der Waals surface area contributed by atoms with Crippen molar-refractivity contribution < 1.29 is 9.53 Å². The summed E-state index contributed by atoms with van der Waals surface area (Å²) in [4.78, 5) is 33.0. The first kappa shape index (κ1) is 19.1. The number of carbonyl (C=O) groups excluding carboxylic acids is 1. The topological polar surface area (TPSA) is 64.4 Å². The van der Waals surface area contributed by atoms with E-state index in [1.54, 1.807) is 35.8 Å². The third-order valence-electron chi connectivity index (χ3n) is 5.85. The maximum absolute atomic E-state index is 13.5. The minimum Gasteiger partial charge on any atom is -0.497 e. The van der Waals surface area contributed by atoms with Gasteiger partial charge in [-0.2, -0.15) is 0 Å². The number of hydrogen-bond acceptors (Lipinski definition) is 4. The van der Waals surface area contributed by atoms with E-state index in [-0.39, 0.29) is 11.5 Å². The third-order valence-corrected chi connectivity index (χ3v) is 5.85. The fraction of sp³-hybridized carbons (Fsp3) is 0.160. The highest BCUT2D eigenvalue weighted by atomic mass is 16.5. The zero-order chi connectivity index (χ0) is 21.5. The van der Waals surface area contributed by atoms with Crippen LogP contribution in [-0.4, -0.2) is 29.6 Å². The van der Waals surface area contributed by atoms with Crippen LogP contribution in [0.5, 0.6) is 5.75 Å². The number of ether oxygens (including phenoxy) is 1. The molecule has 0 fully saturated rings. The van der Waals surface area contributed by atoms with Gasteiger partial charge in [-0.3, -0.25) is 14.2 Å². The number of amides is 1. The molecule has 0 N–H and O–H groups in total. The average molecular weight is 411 g/mol. The predicted molar refractivity (Wildman–Crippen MR) is 120 cm³/mol. The quantitative estimate of drug-likeness (QED) is 0.514. The van der Waals surface area contributed by atoms with Crippen molar-refractivity contribution in [2.75, 3.05) is 19.1 Å². The van der Waals surface area contributed by atoms with Gasteiger partial charge in [-0.05, 0) is 35.9 Å². The van der Waals surface area contributed by atoms with Gasteiger partial charge in [-0.25, -0.2) is 4.98 Å². The molecule has 154 valence electrons. The van der Waals surface area contributed by atoms with E-state index in [9.17, 15) is 9.59 Å². The number of para-hydroxylation sites is 2. The number of benzene rings is 3. The van der Waals surface area contributed by atoms with Crippen molar-refractivity contribution in [3.05, 3.63) is 94.5 Å². The Kier molecular flexibility index (Phi) is 4.55. The summed E-state index contributed by atoms with van der Waals surface area (Å²) in [6.45, 7) is 0. The molecule has 1 aliphatic heterocycles. The molecule has 6 nitrogen and oxygen atoms in total. The Hall–Kier alpha value is -3.93. The first-order chi connectivity index (χ1) is 15.1. The van der Waals surface area contributed by atoms with Gasteiger partial charge in [0, 0.05) is 25.2 Å². The van der Waals surface area contributed by atoms with Gasteiger partial charge in [-0.15, -0.1) is 0 Å². The molecule has 0 saturated heterocycles. The molecule has 1 amide bonds. The van der Waals surface area contributed by atoms with Gasteiger partial charge in [-0.1, -0.05) is 36.4 Å². The van der Waals surface area contributed by atoms with E-state index in [4.69, 9.17) is 9.72 Å². The molecule has 3 aromatic carbocycles. The summed E-state index contributed by atoms with van der Waals surface area (Å²) < 4.78 is 6.95. The van der Waals surface area contributed by atoms with Crippen LogP contribution >= 0.6 is 0 Å². The highest BCUT2D eigenvalue weighted by Gasteiger charge is 2.36. The number of aromatic nitrogens is 2. The molecule has 0 saturated carbocycles. The van der Waals surface area contributed by atoms with Crippen molar-refractivity contribution in [1.82, 2.24) is 9.55 Å². The minimum absolute atomic E-state index is 0.000741. The lowest BCUT2D eigenvalue weighted by Crippen LogP contribution is -2.29. The molecule has 0 bridgehead atoms. The molecule has 0 radical (unpaired) electrons. The van der Waals surface area contributed by atoms with Gasteiger partial charge in [0.1, 0.15) is 11.6 Å². The smallest absolute Gasteiger partial charge is 0.265 e. The van der Waals surface area contributed by atoms with Crippen molar-refractivity contribution in [3.63, 3.8) is 0 Å². The maximum Gasteiger partial charge on any atom is 0.265 e. The van der Waals surface area contributed by atoms with Gasteiger partial charge in [0.05, 0.1) is 29.6 Å². The Labute approximate surface area is 179 Å². The standard InChI is InChI=1S/C25H21N3O3/c1-27-22-13-6-4-10-18(22)20(24(27)29)15-23-26-21-12-5-3-11-19(21)25(30)28(23)16-8-7-9-17(14-16)31-2/h3-14,20H,15H2,1-2H3. The van der Waals surface area contributed by atoms with Gasteiger partial charge < -0.3 is 9.64 Å². The molecule has 0 aliphatic carbocycles. The molecule has 5 rings (SSSR count). The summed E-state index contributed by atoms with van der Waals surface area (Å²) in [5, 5.41) is 0.532. The Morgan fingerprint density at radius 1 is 0.968 bits per heavy atom. The SMILES string of the molecule is COc1cccc(-n2c(CC3C(=O)N(C)c4ccccc43)nc3ccccc3c2=O)c1. The van der Waals surface area contributed by atoms with E-state index in [0.29, 0.717) is 34.6 Å². The summed E-state index contributed by atoms with van der Waals surface area (Å²) >= 11 is 0. The number of methoxy groups -OCH3 is 1. The third kappa shape index (κ3) is 3.08. The van der Waals surface area contributed by atoms with Gasteiger partial charge in [0.25, 0.3) is 5.56 Å². The van der Waals surface area contributed by atoms with Crippen LogP contribution in [0.2, 0.25) is 0 Å². The van der Waals surface area contributed by atoms with E-state index in [1.165, 1.54) is 0 Å². The van der Waals surface area contributed by atoms with Crippen molar-refractivity contribution in [1.29, 1.82) is 0 Å². The monoisotopic (exact) mass is 411 g/mol. The van der Waals surface area contributed by atoms with E-state index >= 15 is 0 Å². The van der Waals surface area contributed by atoms with Crippen molar-refractivity contribution >= 4 is 22.5 Å². The molecule has 0 spiro atoms. The van der Waals surface area contributed by atoms with Crippen LogP contribution in [0.3, 0.4) is 0 Å². The Morgan fingerprint density at radius 2 is 1.74 bits per heavy atom. The number of hydrogen-bond donors (Lipinski definition) is 0. The average Bonchev–Trinajstić information content (AvgIpc) is 3.04. The van der Waals surface area contributed by atoms with Crippen LogP contribution in [0.25, 0.3) is 16.6 Å². The van der Waals surface area contributed by atoms with Crippen LogP contribution in [0.1, 0.15) is 17.3 Å². The largest absolute Gasteiger partial charge is 0.497 e. The Morgan fingerprint density at radius 3 is 2.58 bits per heavy atom. The summed E-state index contributed by atoms with van der Waals surface area (Å²) in [5.41, 5.74) is 2.96. The molecular weight excluding hydrogens is 390 g/mol. The van der Waals surface area contributed by atoms with E-state index in [0.717, 1.165) is 11.3 Å². The number of rotatable bonds is 4. The summed E-state index contributed by atoms with van der Waals surface area (Å²) in [6, 6.07) is 22.4. The molecule has 6 heteroatoms. The normalized spacial score (nSPS) is 15.4. The Balaban J connectivity index is 1.71. The molecular formula is C25H21N3O3. The lowest BCUT2D eigenvalue weighted by Gasteiger charge is -2.17. The van der Waals surface area contributed by atoms with Crippen LogP contribution in [0.15, 0.2) is 77.6 Å². The fourth-order valence-corrected chi connectivity index (χ4v) is 4.28. The number of anilines is 1. The lowest BCUT2D eigenvalue weighted by molar-refractivity contribution is -0.119. The van der Waals surface area contributed by atoms with Crippen molar-refractivity contribution in [2.45, 2.75) is 12.3 Å². The summed E-state index contributed by atoms with van der Waals surface area (Å²) in [6.07, 6.45) is 0.317. The maximum atomic E-state index is 13.5. The summed E-state index contributed by atoms with van der Waals surface area (Å²) in [7, 11) is 3.37. The fourth-order valence-electron chi connectivity index (χ4n) is 4.28. The second-order valence-electron chi connectivity index (χ2n) is 7.60. The molecule has 1 aliphatic rings. The molecule has 1 unspecified atom stereocenters. The second kappa shape index (κ2) is 7.40. The van der Waals surface area contributed by atoms with Gasteiger partial charge >= 0.3 is 0 Å². The van der Waals surface area contributed by atoms with Crippen LogP contribution in [0.4, 0.5) is 5.69 Å². The van der Waals surface area contributed by atoms with E-state index < -0.39 is 5.92 Å². The van der Waals surface area contributed by atoms with Crippen LogP contribution in [0, 0.1) is 0 Å². The number of fused-ring (bicyclic) bond motifs is 2. The van der Waals surface area contributed by atoms with E-state index in [1.807, 2.05) is 60.7 Å². The lowest BCUT2D eigenvalue weighted by atomic mass is 9.96. The molecule has 1 aromatic heterocycles.